The first-order chi connectivity index (χ1) is 8.08. The van der Waals surface area contributed by atoms with Crippen LogP contribution in [0.2, 0.25) is 0 Å². The van der Waals surface area contributed by atoms with Crippen molar-refractivity contribution in [2.75, 3.05) is 30.3 Å². The van der Waals surface area contributed by atoms with E-state index in [0.717, 1.165) is 12.2 Å². The zero-order valence-electron chi connectivity index (χ0n) is 9.69. The first-order valence-electron chi connectivity index (χ1n) is 5.50. The van der Waals surface area contributed by atoms with Gasteiger partial charge in [0.25, 0.3) is 0 Å². The van der Waals surface area contributed by atoms with Gasteiger partial charge in [-0.25, -0.2) is 0 Å². The lowest BCUT2D eigenvalue weighted by Gasteiger charge is -2.29. The maximum Gasteiger partial charge on any atom is 0.239 e. The number of nitrogens with zero attached hydrogens (tertiary/aromatic N) is 1. The van der Waals surface area contributed by atoms with Crippen molar-refractivity contribution in [1.29, 1.82) is 0 Å². The molecule has 1 aliphatic rings. The number of carbonyl (C=O) groups excluding carboxylic acids is 2. The molecule has 5 nitrogen and oxygen atoms in total. The van der Waals surface area contributed by atoms with Crippen LogP contribution in [-0.2, 0) is 4.79 Å². The van der Waals surface area contributed by atoms with E-state index in [1.165, 1.54) is 6.92 Å². The summed E-state index contributed by atoms with van der Waals surface area (Å²) in [7, 11) is 0. The fourth-order valence-electron chi connectivity index (χ4n) is 1.90. The van der Waals surface area contributed by atoms with Crippen molar-refractivity contribution in [2.24, 2.45) is 0 Å². The Morgan fingerprint density at radius 1 is 1.47 bits per heavy atom. The Morgan fingerprint density at radius 2 is 2.24 bits per heavy atom. The largest absolute Gasteiger partial charge is 0.398 e. The molecule has 3 N–H and O–H groups in total. The van der Waals surface area contributed by atoms with Gasteiger partial charge in [-0.05, 0) is 25.1 Å². The van der Waals surface area contributed by atoms with Gasteiger partial charge in [0.15, 0.2) is 5.78 Å². The highest BCUT2D eigenvalue weighted by Crippen LogP contribution is 2.22. The Balaban J connectivity index is 2.29. The van der Waals surface area contributed by atoms with E-state index < -0.39 is 0 Å². The molecule has 2 rings (SSSR count). The fourth-order valence-corrected chi connectivity index (χ4v) is 1.90. The summed E-state index contributed by atoms with van der Waals surface area (Å²) in [5.41, 5.74) is 7.57. The Morgan fingerprint density at radius 3 is 2.88 bits per heavy atom. The van der Waals surface area contributed by atoms with E-state index >= 15 is 0 Å². The molecule has 0 aliphatic carbocycles. The van der Waals surface area contributed by atoms with E-state index in [0.29, 0.717) is 24.3 Å². The SMILES string of the molecule is CC(=O)c1cc(N2CCNC(=O)C2)ccc1N. The van der Waals surface area contributed by atoms with Gasteiger partial charge in [0.1, 0.15) is 0 Å². The molecule has 0 atom stereocenters. The second-order valence-electron chi connectivity index (χ2n) is 4.10. The van der Waals surface area contributed by atoms with E-state index in [2.05, 4.69) is 5.32 Å². The van der Waals surface area contributed by atoms with Gasteiger partial charge in [-0.3, -0.25) is 9.59 Å². The van der Waals surface area contributed by atoms with Gasteiger partial charge in [-0.2, -0.15) is 0 Å². The van der Waals surface area contributed by atoms with Gasteiger partial charge < -0.3 is 16.0 Å². The quantitative estimate of drug-likeness (QED) is 0.573. The third-order valence-corrected chi connectivity index (χ3v) is 2.82. The number of nitrogen functional groups attached to an aromatic ring is 1. The lowest BCUT2D eigenvalue weighted by molar-refractivity contribution is -0.120. The molecule has 0 aromatic heterocycles. The highest BCUT2D eigenvalue weighted by atomic mass is 16.2. The van der Waals surface area contributed by atoms with Crippen LogP contribution in [0.25, 0.3) is 0 Å². The molecule has 1 saturated heterocycles. The molecular weight excluding hydrogens is 218 g/mol. The Bertz CT molecular complexity index is 471. The number of piperazine rings is 1. The second-order valence-corrected chi connectivity index (χ2v) is 4.10. The smallest absolute Gasteiger partial charge is 0.239 e. The number of Topliss-reactive ketones (excluding diaryl/α,β-unsaturated/α-hetero) is 1. The van der Waals surface area contributed by atoms with Gasteiger partial charge in [0, 0.05) is 30.0 Å². The minimum absolute atomic E-state index is 0.00236. The van der Waals surface area contributed by atoms with Crippen molar-refractivity contribution < 1.29 is 9.59 Å². The summed E-state index contributed by atoms with van der Waals surface area (Å²) < 4.78 is 0. The summed E-state index contributed by atoms with van der Waals surface area (Å²) in [4.78, 5) is 24.6. The van der Waals surface area contributed by atoms with Crippen LogP contribution in [0.4, 0.5) is 11.4 Å². The van der Waals surface area contributed by atoms with Crippen molar-refractivity contribution in [3.8, 4) is 0 Å². The summed E-state index contributed by atoms with van der Waals surface area (Å²) in [6.45, 7) is 3.17. The average Bonchev–Trinajstić information content (AvgIpc) is 2.29. The van der Waals surface area contributed by atoms with Gasteiger partial charge in [0.2, 0.25) is 5.91 Å². The summed E-state index contributed by atoms with van der Waals surface area (Å²) in [5.74, 6) is -0.0664. The van der Waals surface area contributed by atoms with Gasteiger partial charge in [0.05, 0.1) is 6.54 Å². The summed E-state index contributed by atoms with van der Waals surface area (Å²) in [5, 5.41) is 2.76. The normalized spacial score (nSPS) is 15.6. The molecule has 0 bridgehead atoms. The first-order valence-corrected chi connectivity index (χ1v) is 5.50. The van der Waals surface area contributed by atoms with Crippen LogP contribution < -0.4 is 16.0 Å². The number of ketones is 1. The molecule has 1 amide bonds. The van der Waals surface area contributed by atoms with Crippen molar-refractivity contribution >= 4 is 23.1 Å². The highest BCUT2D eigenvalue weighted by molar-refractivity contribution is 6.00. The Labute approximate surface area is 99.6 Å². The third-order valence-electron chi connectivity index (χ3n) is 2.82. The number of hydrogen-bond donors (Lipinski definition) is 2. The van der Waals surface area contributed by atoms with Crippen LogP contribution in [0, 0.1) is 0 Å². The number of nitrogens with two attached hydrogens (primary N) is 1. The van der Waals surface area contributed by atoms with Crippen LogP contribution >= 0.6 is 0 Å². The second kappa shape index (κ2) is 4.45. The Kier molecular flexibility index (Phi) is 2.99. The third kappa shape index (κ3) is 2.38. The number of amides is 1. The number of carbonyl (C=O) groups is 2. The average molecular weight is 233 g/mol. The minimum atomic E-state index is -0.0641. The van der Waals surface area contributed by atoms with Crippen LogP contribution in [0.1, 0.15) is 17.3 Å². The fraction of sp³-hybridized carbons (Fsp3) is 0.333. The number of anilines is 2. The van der Waals surface area contributed by atoms with Gasteiger partial charge in [-0.15, -0.1) is 0 Å². The highest BCUT2D eigenvalue weighted by Gasteiger charge is 2.17. The molecule has 1 fully saturated rings. The molecule has 1 aromatic carbocycles. The molecule has 1 aliphatic heterocycles. The van der Waals surface area contributed by atoms with E-state index in [1.807, 2.05) is 11.0 Å². The van der Waals surface area contributed by atoms with E-state index in [-0.39, 0.29) is 11.7 Å². The van der Waals surface area contributed by atoms with Crippen molar-refractivity contribution in [3.63, 3.8) is 0 Å². The van der Waals surface area contributed by atoms with E-state index in [1.54, 1.807) is 12.1 Å². The zero-order chi connectivity index (χ0) is 12.4. The molecule has 1 aromatic rings. The molecule has 0 spiro atoms. The van der Waals surface area contributed by atoms with Crippen molar-refractivity contribution in [3.05, 3.63) is 23.8 Å². The molecule has 5 heteroatoms. The van der Waals surface area contributed by atoms with Crippen LogP contribution in [0.15, 0.2) is 18.2 Å². The number of nitrogens with one attached hydrogen (secondary N) is 1. The Hall–Kier alpha value is -2.04. The zero-order valence-corrected chi connectivity index (χ0v) is 9.69. The first kappa shape index (κ1) is 11.4. The van der Waals surface area contributed by atoms with E-state index in [4.69, 9.17) is 5.73 Å². The summed E-state index contributed by atoms with van der Waals surface area (Å²) >= 11 is 0. The summed E-state index contributed by atoms with van der Waals surface area (Å²) in [6, 6.07) is 5.29. The lowest BCUT2D eigenvalue weighted by Crippen LogP contribution is -2.47. The van der Waals surface area contributed by atoms with Crippen molar-refractivity contribution in [1.82, 2.24) is 5.32 Å². The predicted molar refractivity (Wildman–Crippen MR) is 66.1 cm³/mol. The maximum absolute atomic E-state index is 11.4. The maximum atomic E-state index is 11.4. The van der Waals surface area contributed by atoms with Gasteiger partial charge >= 0.3 is 0 Å². The molecular formula is C12H15N3O2. The minimum Gasteiger partial charge on any atom is -0.398 e. The molecule has 0 radical (unpaired) electrons. The topological polar surface area (TPSA) is 75.4 Å². The monoisotopic (exact) mass is 233 g/mol. The van der Waals surface area contributed by atoms with Crippen molar-refractivity contribution in [2.45, 2.75) is 6.92 Å². The summed E-state index contributed by atoms with van der Waals surface area (Å²) in [6.07, 6.45) is 0. The number of hydrogen-bond acceptors (Lipinski definition) is 4. The number of benzene rings is 1. The van der Waals surface area contributed by atoms with Crippen LogP contribution in [0.5, 0.6) is 0 Å². The van der Waals surface area contributed by atoms with Gasteiger partial charge in [-0.1, -0.05) is 0 Å². The molecule has 0 unspecified atom stereocenters. The molecule has 90 valence electrons. The van der Waals surface area contributed by atoms with Crippen LogP contribution in [0.3, 0.4) is 0 Å². The molecule has 1 heterocycles. The van der Waals surface area contributed by atoms with E-state index in [9.17, 15) is 9.59 Å². The predicted octanol–water partition coefficient (Wildman–Crippen LogP) is 0.408. The standard InChI is InChI=1S/C12H15N3O2/c1-8(16)10-6-9(2-3-11(10)13)15-5-4-14-12(17)7-15/h2-3,6H,4-5,7,13H2,1H3,(H,14,17). The molecule has 17 heavy (non-hydrogen) atoms. The lowest BCUT2D eigenvalue weighted by atomic mass is 10.1. The number of rotatable bonds is 2. The van der Waals surface area contributed by atoms with Crippen LogP contribution in [-0.4, -0.2) is 31.3 Å². The molecule has 0 saturated carbocycles.